The predicted molar refractivity (Wildman–Crippen MR) is 123 cm³/mol. The Morgan fingerprint density at radius 1 is 0.941 bits per heavy atom. The first-order valence-electron chi connectivity index (χ1n) is 11.3. The highest BCUT2D eigenvalue weighted by Gasteiger charge is 2.35. The molecule has 9 nitrogen and oxygen atoms in total. The van der Waals surface area contributed by atoms with Gasteiger partial charge < -0.3 is 9.64 Å². The number of imide groups is 1. The van der Waals surface area contributed by atoms with E-state index in [9.17, 15) is 22.8 Å². The molecule has 0 saturated carbocycles. The molecule has 0 aromatic heterocycles. The summed E-state index contributed by atoms with van der Waals surface area (Å²) in [5.41, 5.74) is 2.33. The van der Waals surface area contributed by atoms with Gasteiger partial charge in [0.2, 0.25) is 15.9 Å². The van der Waals surface area contributed by atoms with Crippen molar-refractivity contribution in [3.8, 4) is 0 Å². The monoisotopic (exact) mass is 483 g/mol. The first-order chi connectivity index (χ1) is 16.4. The van der Waals surface area contributed by atoms with Gasteiger partial charge in [-0.1, -0.05) is 12.1 Å². The second-order valence-electron chi connectivity index (χ2n) is 8.51. The molecule has 0 radical (unpaired) electrons. The lowest BCUT2D eigenvalue weighted by atomic mass is 10.1. The van der Waals surface area contributed by atoms with Gasteiger partial charge in [0.05, 0.1) is 29.2 Å². The molecule has 3 aliphatic heterocycles. The van der Waals surface area contributed by atoms with Crippen LogP contribution in [0.5, 0.6) is 0 Å². The number of fused-ring (bicyclic) bond motifs is 2. The van der Waals surface area contributed by atoms with E-state index >= 15 is 0 Å². The number of nitrogens with zero attached hydrogens (tertiary/aromatic N) is 3. The van der Waals surface area contributed by atoms with Gasteiger partial charge in [-0.25, -0.2) is 8.42 Å². The molecule has 0 N–H and O–H groups in total. The Morgan fingerprint density at radius 3 is 2.29 bits per heavy atom. The second-order valence-corrected chi connectivity index (χ2v) is 10.5. The Labute approximate surface area is 197 Å². The van der Waals surface area contributed by atoms with E-state index in [1.54, 1.807) is 47.4 Å². The van der Waals surface area contributed by atoms with Crippen LogP contribution in [0, 0.1) is 0 Å². The molecule has 5 rings (SSSR count). The molecular weight excluding hydrogens is 458 g/mol. The molecule has 0 bridgehead atoms. The van der Waals surface area contributed by atoms with E-state index in [2.05, 4.69) is 0 Å². The number of anilines is 1. The Balaban J connectivity index is 1.22. The molecule has 34 heavy (non-hydrogen) atoms. The van der Waals surface area contributed by atoms with Gasteiger partial charge in [-0.15, -0.1) is 0 Å². The Hall–Kier alpha value is -3.08. The van der Waals surface area contributed by atoms with E-state index in [1.165, 1.54) is 9.21 Å². The van der Waals surface area contributed by atoms with E-state index < -0.39 is 10.0 Å². The standard InChI is InChI=1S/C24H25N3O6S/c28-22(6-3-10-27-23(29)19-4-1-2-5-20(19)24(27)30)26-11-9-17-16-18(7-8-21(17)26)34(31,32)25-12-14-33-15-13-25/h1-2,4-5,7-8,16H,3,6,9-15H2. The zero-order valence-electron chi connectivity index (χ0n) is 18.6. The van der Waals surface area contributed by atoms with Gasteiger partial charge in [0, 0.05) is 38.3 Å². The molecule has 1 saturated heterocycles. The number of ether oxygens (including phenoxy) is 1. The normalized spacial score (nSPS) is 18.4. The van der Waals surface area contributed by atoms with Gasteiger partial charge in [-0.2, -0.15) is 4.31 Å². The zero-order chi connectivity index (χ0) is 23.9. The number of amides is 3. The van der Waals surface area contributed by atoms with Crippen molar-refractivity contribution in [3.05, 3.63) is 59.2 Å². The highest BCUT2D eigenvalue weighted by Crippen LogP contribution is 2.32. The fourth-order valence-corrected chi connectivity index (χ4v) is 6.16. The molecule has 2 aromatic carbocycles. The summed E-state index contributed by atoms with van der Waals surface area (Å²) < 4.78 is 32.5. The van der Waals surface area contributed by atoms with Crippen LogP contribution < -0.4 is 4.90 Å². The molecule has 2 aromatic rings. The van der Waals surface area contributed by atoms with Crippen molar-refractivity contribution in [3.63, 3.8) is 0 Å². The summed E-state index contributed by atoms with van der Waals surface area (Å²) in [5.74, 6) is -0.763. The zero-order valence-corrected chi connectivity index (χ0v) is 19.4. The van der Waals surface area contributed by atoms with Gasteiger partial charge >= 0.3 is 0 Å². The van der Waals surface area contributed by atoms with Gasteiger partial charge in [0.15, 0.2) is 0 Å². The third kappa shape index (κ3) is 3.91. The fraction of sp³-hybridized carbons (Fsp3) is 0.375. The topological polar surface area (TPSA) is 104 Å². The van der Waals surface area contributed by atoms with E-state index in [4.69, 9.17) is 4.74 Å². The van der Waals surface area contributed by atoms with Crippen molar-refractivity contribution >= 4 is 33.4 Å². The Bertz CT molecular complexity index is 1230. The molecule has 3 amide bonds. The van der Waals surface area contributed by atoms with E-state index in [0.29, 0.717) is 62.5 Å². The van der Waals surface area contributed by atoms with Crippen LogP contribution in [0.4, 0.5) is 5.69 Å². The Kier molecular flexibility index (Phi) is 5.97. The number of carbonyl (C=O) groups excluding carboxylic acids is 3. The van der Waals surface area contributed by atoms with Gasteiger partial charge in [-0.05, 0) is 48.7 Å². The SMILES string of the molecule is O=C1c2ccccc2C(=O)N1CCCC(=O)N1CCc2cc(S(=O)(=O)N3CCOCC3)ccc21. The summed E-state index contributed by atoms with van der Waals surface area (Å²) in [6.07, 6.45) is 1.12. The minimum Gasteiger partial charge on any atom is -0.379 e. The van der Waals surface area contributed by atoms with Gasteiger partial charge in [-0.3, -0.25) is 19.3 Å². The third-order valence-corrected chi connectivity index (χ3v) is 8.40. The number of sulfonamides is 1. The minimum atomic E-state index is -3.60. The van der Waals surface area contributed by atoms with Crippen LogP contribution in [0.2, 0.25) is 0 Å². The van der Waals surface area contributed by atoms with Crippen molar-refractivity contribution in [2.75, 3.05) is 44.3 Å². The smallest absolute Gasteiger partial charge is 0.261 e. The summed E-state index contributed by atoms with van der Waals surface area (Å²) in [5, 5.41) is 0. The van der Waals surface area contributed by atoms with Crippen LogP contribution >= 0.6 is 0 Å². The number of hydrogen-bond acceptors (Lipinski definition) is 6. The van der Waals surface area contributed by atoms with E-state index in [1.807, 2.05) is 0 Å². The third-order valence-electron chi connectivity index (χ3n) is 6.51. The highest BCUT2D eigenvalue weighted by atomic mass is 32.2. The van der Waals surface area contributed by atoms with Crippen LogP contribution in [0.15, 0.2) is 47.4 Å². The van der Waals surface area contributed by atoms with Crippen LogP contribution in [0.1, 0.15) is 39.1 Å². The Morgan fingerprint density at radius 2 is 1.62 bits per heavy atom. The van der Waals surface area contributed by atoms with E-state index in [0.717, 1.165) is 5.56 Å². The number of benzene rings is 2. The van der Waals surface area contributed by atoms with Crippen molar-refractivity contribution in [2.45, 2.75) is 24.2 Å². The summed E-state index contributed by atoms with van der Waals surface area (Å²) >= 11 is 0. The highest BCUT2D eigenvalue weighted by molar-refractivity contribution is 7.89. The molecule has 0 unspecified atom stereocenters. The van der Waals surface area contributed by atoms with E-state index in [-0.39, 0.29) is 35.6 Å². The maximum absolute atomic E-state index is 12.9. The van der Waals surface area contributed by atoms with Gasteiger partial charge in [0.1, 0.15) is 0 Å². The van der Waals surface area contributed by atoms with Crippen LogP contribution in [0.25, 0.3) is 0 Å². The molecule has 178 valence electrons. The first-order valence-corrected chi connectivity index (χ1v) is 12.8. The molecular formula is C24H25N3O6S. The number of carbonyl (C=O) groups is 3. The molecule has 0 atom stereocenters. The number of rotatable bonds is 6. The molecule has 10 heteroatoms. The molecule has 0 aliphatic carbocycles. The molecule has 3 heterocycles. The molecule has 0 spiro atoms. The average molecular weight is 484 g/mol. The quantitative estimate of drug-likeness (QED) is 0.579. The van der Waals surface area contributed by atoms with Crippen molar-refractivity contribution in [1.29, 1.82) is 0 Å². The summed E-state index contributed by atoms with van der Waals surface area (Å²) in [6, 6.07) is 11.6. The lowest BCUT2D eigenvalue weighted by Crippen LogP contribution is -2.40. The van der Waals surface area contributed by atoms with Crippen molar-refractivity contribution in [2.24, 2.45) is 0 Å². The van der Waals surface area contributed by atoms with Crippen LogP contribution in [-0.4, -0.2) is 74.7 Å². The predicted octanol–water partition coefficient (Wildman–Crippen LogP) is 1.67. The summed E-state index contributed by atoms with van der Waals surface area (Å²) in [6.45, 7) is 2.08. The lowest BCUT2D eigenvalue weighted by molar-refractivity contribution is -0.118. The van der Waals surface area contributed by atoms with Crippen LogP contribution in [-0.2, 0) is 26.0 Å². The van der Waals surface area contributed by atoms with Crippen molar-refractivity contribution < 1.29 is 27.5 Å². The van der Waals surface area contributed by atoms with Gasteiger partial charge in [0.25, 0.3) is 11.8 Å². The maximum Gasteiger partial charge on any atom is 0.261 e. The number of morpholine rings is 1. The second kappa shape index (κ2) is 8.94. The molecule has 3 aliphatic rings. The minimum absolute atomic E-state index is 0.112. The largest absolute Gasteiger partial charge is 0.379 e. The summed E-state index contributed by atoms with van der Waals surface area (Å²) in [4.78, 5) is 40.9. The number of hydrogen-bond donors (Lipinski definition) is 0. The molecule has 1 fully saturated rings. The fourth-order valence-electron chi connectivity index (χ4n) is 4.70. The average Bonchev–Trinajstić information content (AvgIpc) is 3.39. The maximum atomic E-state index is 12.9. The summed E-state index contributed by atoms with van der Waals surface area (Å²) in [7, 11) is -3.60. The lowest BCUT2D eigenvalue weighted by Gasteiger charge is -2.26. The van der Waals surface area contributed by atoms with Crippen LogP contribution in [0.3, 0.4) is 0 Å². The first kappa shape index (κ1) is 22.7. The van der Waals surface area contributed by atoms with Crippen molar-refractivity contribution in [1.82, 2.24) is 9.21 Å².